The van der Waals surface area contributed by atoms with E-state index in [2.05, 4.69) is 19.1 Å². The molecule has 5 heteroatoms. The highest BCUT2D eigenvalue weighted by molar-refractivity contribution is 5.89. The Morgan fingerprint density at radius 1 is 0.931 bits per heavy atom. The van der Waals surface area contributed by atoms with Crippen molar-refractivity contribution in [3.8, 4) is 23.0 Å². The number of rotatable bonds is 1. The molecule has 3 aromatic rings. The molecule has 0 N–H and O–H groups in total. The average molecular weight is 400 g/mol. The molecule has 0 heterocycles. The van der Waals surface area contributed by atoms with Gasteiger partial charge in [-0.05, 0) is 65.0 Å². The molecule has 0 nitrogen and oxygen atoms in total. The van der Waals surface area contributed by atoms with E-state index in [0.29, 0.717) is 5.92 Å². The normalized spacial score (nSPS) is 16.3. The zero-order chi connectivity index (χ0) is 20.8. The van der Waals surface area contributed by atoms with Gasteiger partial charge in [-0.3, -0.25) is 0 Å². The van der Waals surface area contributed by atoms with E-state index in [9.17, 15) is 22.0 Å². The standard InChI is InChI=1S/C24H17F5/c1-14-2-3-16-11-17(5-4-15(16)10-14)18-6-7-20-19(12-18)13-22(25)21(23(20)26)8-9-24(27,28)29/h4-7,11-14H,2-3,10H2,1H3. The number of benzene rings is 3. The second-order valence-electron chi connectivity index (χ2n) is 7.56. The molecule has 4 rings (SSSR count). The lowest BCUT2D eigenvalue weighted by Gasteiger charge is -2.22. The van der Waals surface area contributed by atoms with E-state index in [1.54, 1.807) is 18.1 Å². The van der Waals surface area contributed by atoms with E-state index in [0.717, 1.165) is 42.4 Å². The molecular weight excluding hydrogens is 383 g/mol. The van der Waals surface area contributed by atoms with Crippen LogP contribution >= 0.6 is 0 Å². The minimum absolute atomic E-state index is 0.0356. The molecule has 1 atom stereocenters. The summed E-state index contributed by atoms with van der Waals surface area (Å²) >= 11 is 0. The highest BCUT2D eigenvalue weighted by Gasteiger charge is 2.24. The van der Waals surface area contributed by atoms with Gasteiger partial charge in [0.1, 0.15) is 11.6 Å². The third-order valence-electron chi connectivity index (χ3n) is 5.37. The van der Waals surface area contributed by atoms with Crippen molar-refractivity contribution in [1.82, 2.24) is 0 Å². The molecule has 1 unspecified atom stereocenters. The van der Waals surface area contributed by atoms with E-state index in [1.807, 2.05) is 6.07 Å². The van der Waals surface area contributed by atoms with Gasteiger partial charge in [0.05, 0.1) is 5.56 Å². The van der Waals surface area contributed by atoms with Crippen molar-refractivity contribution in [2.24, 2.45) is 5.92 Å². The number of hydrogen-bond donors (Lipinski definition) is 0. The first kappa shape index (κ1) is 19.4. The molecule has 0 radical (unpaired) electrons. The SMILES string of the molecule is CC1CCc2cc(-c3ccc4c(F)c(C#CC(F)(F)F)c(F)cc4c3)ccc2C1. The molecular formula is C24H17F5. The quantitative estimate of drug-likeness (QED) is 0.310. The molecule has 0 saturated heterocycles. The Hall–Kier alpha value is -2.87. The number of alkyl halides is 3. The molecule has 3 aromatic carbocycles. The fourth-order valence-electron chi connectivity index (χ4n) is 3.87. The number of hydrogen-bond acceptors (Lipinski definition) is 0. The Bertz CT molecular complexity index is 1160. The van der Waals surface area contributed by atoms with Crippen LogP contribution in [0.4, 0.5) is 22.0 Å². The van der Waals surface area contributed by atoms with Gasteiger partial charge in [0.2, 0.25) is 0 Å². The Kier molecular flexibility index (Phi) is 4.82. The van der Waals surface area contributed by atoms with E-state index in [1.165, 1.54) is 17.2 Å². The second kappa shape index (κ2) is 7.18. The number of aryl methyl sites for hydroxylation is 1. The minimum atomic E-state index is -4.82. The molecule has 1 aliphatic carbocycles. The van der Waals surface area contributed by atoms with Gasteiger partial charge >= 0.3 is 6.18 Å². The predicted octanol–water partition coefficient (Wildman–Crippen LogP) is 6.82. The summed E-state index contributed by atoms with van der Waals surface area (Å²) in [6.45, 7) is 2.23. The van der Waals surface area contributed by atoms with Crippen molar-refractivity contribution in [2.45, 2.75) is 32.4 Å². The molecule has 0 aliphatic heterocycles. The summed E-state index contributed by atoms with van der Waals surface area (Å²) < 4.78 is 65.7. The van der Waals surface area contributed by atoms with Gasteiger partial charge in [-0.2, -0.15) is 13.2 Å². The van der Waals surface area contributed by atoms with Crippen LogP contribution in [0.1, 0.15) is 30.0 Å². The highest BCUT2D eigenvalue weighted by Crippen LogP contribution is 2.32. The first-order valence-electron chi connectivity index (χ1n) is 9.35. The minimum Gasteiger partial charge on any atom is -0.205 e. The van der Waals surface area contributed by atoms with Gasteiger partial charge in [0, 0.05) is 11.3 Å². The van der Waals surface area contributed by atoms with E-state index in [-0.39, 0.29) is 10.8 Å². The molecule has 1 aliphatic rings. The Morgan fingerprint density at radius 2 is 1.66 bits per heavy atom. The van der Waals surface area contributed by atoms with Crippen LogP contribution in [-0.2, 0) is 12.8 Å². The summed E-state index contributed by atoms with van der Waals surface area (Å²) in [7, 11) is 0. The maximum Gasteiger partial charge on any atom is 0.458 e. The van der Waals surface area contributed by atoms with Gasteiger partial charge in [0.25, 0.3) is 0 Å². The van der Waals surface area contributed by atoms with Crippen molar-refractivity contribution in [3.63, 3.8) is 0 Å². The zero-order valence-corrected chi connectivity index (χ0v) is 15.6. The van der Waals surface area contributed by atoms with Gasteiger partial charge in [-0.25, -0.2) is 8.78 Å². The van der Waals surface area contributed by atoms with Crippen LogP contribution in [0.3, 0.4) is 0 Å². The van der Waals surface area contributed by atoms with Crippen LogP contribution in [0.2, 0.25) is 0 Å². The molecule has 0 saturated carbocycles. The topological polar surface area (TPSA) is 0 Å². The number of fused-ring (bicyclic) bond motifs is 2. The second-order valence-corrected chi connectivity index (χ2v) is 7.56. The number of halogens is 5. The van der Waals surface area contributed by atoms with Crippen molar-refractivity contribution in [2.75, 3.05) is 0 Å². The molecule has 0 amide bonds. The van der Waals surface area contributed by atoms with Crippen LogP contribution in [0.5, 0.6) is 0 Å². The molecule has 0 bridgehead atoms. The maximum absolute atomic E-state index is 14.6. The predicted molar refractivity (Wildman–Crippen MR) is 103 cm³/mol. The van der Waals surface area contributed by atoms with E-state index >= 15 is 0 Å². The summed E-state index contributed by atoms with van der Waals surface area (Å²) in [5.41, 5.74) is 3.49. The highest BCUT2D eigenvalue weighted by atomic mass is 19.4. The third kappa shape index (κ3) is 3.98. The fraction of sp³-hybridized carbons (Fsp3) is 0.250. The van der Waals surface area contributed by atoms with Crippen LogP contribution in [-0.4, -0.2) is 6.18 Å². The molecule has 148 valence electrons. The van der Waals surface area contributed by atoms with Crippen molar-refractivity contribution in [1.29, 1.82) is 0 Å². The first-order valence-corrected chi connectivity index (χ1v) is 9.35. The third-order valence-corrected chi connectivity index (χ3v) is 5.37. The molecule has 0 fully saturated rings. The van der Waals surface area contributed by atoms with Crippen LogP contribution in [0.15, 0.2) is 42.5 Å². The van der Waals surface area contributed by atoms with E-state index < -0.39 is 23.4 Å². The summed E-state index contributed by atoms with van der Waals surface area (Å²) in [5.74, 6) is 0.969. The lowest BCUT2D eigenvalue weighted by atomic mass is 9.83. The zero-order valence-electron chi connectivity index (χ0n) is 15.6. The fourth-order valence-corrected chi connectivity index (χ4v) is 3.87. The summed E-state index contributed by atoms with van der Waals surface area (Å²) in [5, 5.41) is 0.315. The summed E-state index contributed by atoms with van der Waals surface area (Å²) in [6, 6.07) is 12.0. The van der Waals surface area contributed by atoms with Gasteiger partial charge < -0.3 is 0 Å². The van der Waals surface area contributed by atoms with Gasteiger partial charge in [0.15, 0.2) is 0 Å². The lowest BCUT2D eigenvalue weighted by Crippen LogP contribution is -2.11. The van der Waals surface area contributed by atoms with Crippen LogP contribution < -0.4 is 0 Å². The van der Waals surface area contributed by atoms with Crippen molar-refractivity contribution < 1.29 is 22.0 Å². The molecule has 0 spiro atoms. The Morgan fingerprint density at radius 3 is 2.41 bits per heavy atom. The monoisotopic (exact) mass is 400 g/mol. The Balaban J connectivity index is 1.76. The van der Waals surface area contributed by atoms with Crippen LogP contribution in [0, 0.1) is 29.4 Å². The molecule has 0 aromatic heterocycles. The Labute approximate surface area is 165 Å². The largest absolute Gasteiger partial charge is 0.458 e. The maximum atomic E-state index is 14.6. The lowest BCUT2D eigenvalue weighted by molar-refractivity contribution is -0.0696. The van der Waals surface area contributed by atoms with Crippen molar-refractivity contribution >= 4 is 10.8 Å². The smallest absolute Gasteiger partial charge is 0.205 e. The van der Waals surface area contributed by atoms with Crippen LogP contribution in [0.25, 0.3) is 21.9 Å². The average Bonchev–Trinajstić information content (AvgIpc) is 2.66. The summed E-state index contributed by atoms with van der Waals surface area (Å²) in [4.78, 5) is 0. The molecule has 29 heavy (non-hydrogen) atoms. The first-order chi connectivity index (χ1) is 13.7. The summed E-state index contributed by atoms with van der Waals surface area (Å²) in [6.07, 6.45) is -1.64. The van der Waals surface area contributed by atoms with Crippen molar-refractivity contribution in [3.05, 3.63) is 70.8 Å². The van der Waals surface area contributed by atoms with Gasteiger partial charge in [-0.1, -0.05) is 43.2 Å². The van der Waals surface area contributed by atoms with Gasteiger partial charge in [-0.15, -0.1) is 0 Å². The van der Waals surface area contributed by atoms with E-state index in [4.69, 9.17) is 0 Å².